The fourth-order valence-corrected chi connectivity index (χ4v) is 5.27. The molecule has 1 aliphatic rings. The summed E-state index contributed by atoms with van der Waals surface area (Å²) < 4.78 is 79.8. The van der Waals surface area contributed by atoms with E-state index < -0.39 is 23.5 Å². The summed E-state index contributed by atoms with van der Waals surface area (Å²) >= 11 is 5.39. The number of rotatable bonds is 7. The van der Waals surface area contributed by atoms with Crippen molar-refractivity contribution in [2.24, 2.45) is 0 Å². The summed E-state index contributed by atoms with van der Waals surface area (Å²) in [7, 11) is 0. The number of anilines is 1. The van der Waals surface area contributed by atoms with E-state index in [0.29, 0.717) is 25.2 Å². The van der Waals surface area contributed by atoms with Crippen molar-refractivity contribution in [1.29, 1.82) is 0 Å². The third kappa shape index (κ3) is 8.19. The van der Waals surface area contributed by atoms with Gasteiger partial charge in [-0.3, -0.25) is 4.90 Å². The Kier molecular flexibility index (Phi) is 9.17. The molecule has 2 atom stereocenters. The van der Waals surface area contributed by atoms with Crippen molar-refractivity contribution in [2.75, 3.05) is 5.32 Å². The van der Waals surface area contributed by atoms with Crippen LogP contribution in [0.4, 0.5) is 32.0 Å². The zero-order valence-electron chi connectivity index (χ0n) is 21.0. The molecule has 39 heavy (non-hydrogen) atoms. The molecule has 1 fully saturated rings. The van der Waals surface area contributed by atoms with Crippen molar-refractivity contribution in [3.63, 3.8) is 0 Å². The Morgan fingerprint density at radius 2 is 1.23 bits per heavy atom. The lowest BCUT2D eigenvalue weighted by Crippen LogP contribution is -2.53. The van der Waals surface area contributed by atoms with Gasteiger partial charge >= 0.3 is 12.4 Å². The lowest BCUT2D eigenvalue weighted by Gasteiger charge is -2.41. The molecule has 208 valence electrons. The van der Waals surface area contributed by atoms with Gasteiger partial charge in [-0.15, -0.1) is 0 Å². The topological polar surface area (TPSA) is 27.3 Å². The van der Waals surface area contributed by atoms with Crippen LogP contribution in [0.5, 0.6) is 0 Å². The molecule has 0 amide bonds. The van der Waals surface area contributed by atoms with E-state index in [0.717, 1.165) is 36.8 Å². The summed E-state index contributed by atoms with van der Waals surface area (Å²) in [6, 6.07) is 21.4. The smallest absolute Gasteiger partial charge is 0.358 e. The molecule has 10 heteroatoms. The molecular weight excluding hydrogens is 536 g/mol. The number of hydrogen-bond donors (Lipinski definition) is 2. The van der Waals surface area contributed by atoms with Crippen molar-refractivity contribution < 1.29 is 26.3 Å². The van der Waals surface area contributed by atoms with Crippen molar-refractivity contribution in [1.82, 2.24) is 10.2 Å². The number of alkyl halides is 6. The van der Waals surface area contributed by atoms with Crippen LogP contribution < -0.4 is 10.6 Å². The molecule has 0 aliphatic heterocycles. The molecule has 0 saturated heterocycles. The van der Waals surface area contributed by atoms with E-state index >= 15 is 0 Å². The molecule has 4 rings (SSSR count). The Morgan fingerprint density at radius 1 is 0.744 bits per heavy atom. The fourth-order valence-electron chi connectivity index (χ4n) is 5.01. The van der Waals surface area contributed by atoms with Gasteiger partial charge in [-0.05, 0) is 54.4 Å². The summed E-state index contributed by atoms with van der Waals surface area (Å²) in [6.07, 6.45) is -6.29. The van der Waals surface area contributed by atoms with Crippen LogP contribution in [-0.2, 0) is 25.4 Å². The minimum atomic E-state index is -4.93. The van der Waals surface area contributed by atoms with E-state index in [-0.39, 0.29) is 28.9 Å². The molecule has 2 N–H and O–H groups in total. The highest BCUT2D eigenvalue weighted by Gasteiger charge is 2.37. The molecule has 3 nitrogen and oxygen atoms in total. The maximum absolute atomic E-state index is 13.3. The first-order valence-corrected chi connectivity index (χ1v) is 13.1. The van der Waals surface area contributed by atoms with Gasteiger partial charge in [-0.1, -0.05) is 73.5 Å². The molecule has 0 aromatic heterocycles. The summed E-state index contributed by atoms with van der Waals surface area (Å²) in [4.78, 5) is 2.36. The Morgan fingerprint density at radius 3 is 1.72 bits per heavy atom. The van der Waals surface area contributed by atoms with Gasteiger partial charge in [-0.25, -0.2) is 0 Å². The standard InChI is InChI=1S/C29H29F6N3S/c30-28(31,32)22-15-23(29(33,34)35)17-24(16-22)36-27(39)37-25-13-7-8-14-26(25)38(18-20-9-3-1-4-10-20)19-21-11-5-2-6-12-21/h1-6,9-12,15-17,25-26H,7-8,13-14,18-19H2,(H2,36,37,39)/t25-,26-/m1/s1. The first-order valence-electron chi connectivity index (χ1n) is 12.7. The van der Waals surface area contributed by atoms with E-state index in [1.54, 1.807) is 0 Å². The van der Waals surface area contributed by atoms with Crippen LogP contribution in [0, 0.1) is 0 Å². The zero-order chi connectivity index (χ0) is 28.0. The van der Waals surface area contributed by atoms with Crippen LogP contribution in [-0.4, -0.2) is 22.1 Å². The highest BCUT2D eigenvalue weighted by molar-refractivity contribution is 7.80. The van der Waals surface area contributed by atoms with Gasteiger partial charge in [0.05, 0.1) is 11.1 Å². The fraction of sp³-hybridized carbons (Fsp3) is 0.345. The van der Waals surface area contributed by atoms with E-state index in [1.165, 1.54) is 0 Å². The molecule has 0 radical (unpaired) electrons. The number of thiocarbonyl (C=S) groups is 1. The SMILES string of the molecule is FC(F)(F)c1cc(NC(=S)N[C@@H]2CCCC[C@H]2N(Cc2ccccc2)Cc2ccccc2)cc(C(F)(F)F)c1. The van der Waals surface area contributed by atoms with Gasteiger partial charge in [0.15, 0.2) is 5.11 Å². The van der Waals surface area contributed by atoms with Crippen LogP contribution in [0.2, 0.25) is 0 Å². The van der Waals surface area contributed by atoms with E-state index in [1.807, 2.05) is 36.4 Å². The average molecular weight is 566 g/mol. The number of nitrogens with one attached hydrogen (secondary N) is 2. The number of halogens is 6. The Bertz CT molecular complexity index is 1160. The van der Waals surface area contributed by atoms with Crippen LogP contribution in [0.25, 0.3) is 0 Å². The molecule has 3 aromatic carbocycles. The minimum Gasteiger partial charge on any atom is -0.358 e. The number of benzene rings is 3. The molecule has 0 spiro atoms. The van der Waals surface area contributed by atoms with Crippen molar-refractivity contribution in [2.45, 2.75) is 63.2 Å². The van der Waals surface area contributed by atoms with Gasteiger partial charge in [0, 0.05) is 30.9 Å². The average Bonchev–Trinajstić information content (AvgIpc) is 2.89. The molecule has 0 heterocycles. The Hall–Kier alpha value is -3.11. The quantitative estimate of drug-likeness (QED) is 0.224. The monoisotopic (exact) mass is 565 g/mol. The van der Waals surface area contributed by atoms with Gasteiger partial charge in [0.1, 0.15) is 0 Å². The van der Waals surface area contributed by atoms with Gasteiger partial charge in [0.2, 0.25) is 0 Å². The highest BCUT2D eigenvalue weighted by atomic mass is 32.1. The summed E-state index contributed by atoms with van der Waals surface area (Å²) in [5, 5.41) is 5.76. The van der Waals surface area contributed by atoms with Crippen LogP contribution >= 0.6 is 12.2 Å². The Labute approximate surface area is 229 Å². The number of nitrogens with zero attached hydrogens (tertiary/aromatic N) is 1. The van der Waals surface area contributed by atoms with Gasteiger partial charge < -0.3 is 10.6 Å². The zero-order valence-corrected chi connectivity index (χ0v) is 21.8. The largest absolute Gasteiger partial charge is 0.416 e. The first kappa shape index (κ1) is 28.9. The van der Waals surface area contributed by atoms with Crippen LogP contribution in [0.3, 0.4) is 0 Å². The molecular formula is C29H29F6N3S. The number of hydrogen-bond acceptors (Lipinski definition) is 2. The molecule has 1 saturated carbocycles. The van der Waals surface area contributed by atoms with Crippen molar-refractivity contribution in [3.8, 4) is 0 Å². The predicted molar refractivity (Wildman–Crippen MR) is 144 cm³/mol. The molecule has 3 aromatic rings. The third-order valence-electron chi connectivity index (χ3n) is 6.82. The van der Waals surface area contributed by atoms with Crippen molar-refractivity contribution >= 4 is 23.0 Å². The lowest BCUT2D eigenvalue weighted by molar-refractivity contribution is -0.143. The third-order valence-corrected chi connectivity index (χ3v) is 7.04. The van der Waals surface area contributed by atoms with Crippen molar-refractivity contribution in [3.05, 3.63) is 101 Å². The second-order valence-corrected chi connectivity index (χ2v) is 10.1. The summed E-state index contributed by atoms with van der Waals surface area (Å²) in [5.41, 5.74) is -0.873. The van der Waals surface area contributed by atoms with Gasteiger partial charge in [-0.2, -0.15) is 26.3 Å². The maximum Gasteiger partial charge on any atom is 0.416 e. The van der Waals surface area contributed by atoms with Crippen LogP contribution in [0.1, 0.15) is 47.9 Å². The maximum atomic E-state index is 13.3. The minimum absolute atomic E-state index is 0.0151. The lowest BCUT2D eigenvalue weighted by atomic mass is 9.88. The van der Waals surface area contributed by atoms with E-state index in [9.17, 15) is 26.3 Å². The van der Waals surface area contributed by atoms with E-state index in [4.69, 9.17) is 12.2 Å². The summed E-state index contributed by atoms with van der Waals surface area (Å²) in [6.45, 7) is 1.36. The molecule has 0 bridgehead atoms. The van der Waals surface area contributed by atoms with Crippen LogP contribution in [0.15, 0.2) is 78.9 Å². The molecule has 0 unspecified atom stereocenters. The van der Waals surface area contributed by atoms with E-state index in [2.05, 4.69) is 39.8 Å². The van der Waals surface area contributed by atoms with Gasteiger partial charge in [0.25, 0.3) is 0 Å². The molecule has 1 aliphatic carbocycles. The Balaban J connectivity index is 1.54. The normalized spacial score (nSPS) is 18.1. The predicted octanol–water partition coefficient (Wildman–Crippen LogP) is 8.02. The summed E-state index contributed by atoms with van der Waals surface area (Å²) in [5.74, 6) is 0. The highest BCUT2D eigenvalue weighted by Crippen LogP contribution is 2.37. The first-order chi connectivity index (χ1) is 18.5. The second-order valence-electron chi connectivity index (χ2n) is 9.73. The second kappa shape index (κ2) is 12.4.